The van der Waals surface area contributed by atoms with Crippen LogP contribution in [0.4, 0.5) is 11.4 Å². The number of nitrogens with two attached hydrogens (primary N) is 1. The maximum absolute atomic E-state index is 5.75. The fourth-order valence-corrected chi connectivity index (χ4v) is 3.38. The van der Waals surface area contributed by atoms with Gasteiger partial charge in [-0.05, 0) is 80.0 Å². The monoisotopic (exact) mass is 393 g/mol. The average Bonchev–Trinajstić information content (AvgIpc) is 2.67. The van der Waals surface area contributed by atoms with Gasteiger partial charge >= 0.3 is 0 Å². The quantitative estimate of drug-likeness (QED) is 0.323. The normalized spacial score (nSPS) is 11.8. The van der Waals surface area contributed by atoms with Gasteiger partial charge in [-0.2, -0.15) is 0 Å². The van der Waals surface area contributed by atoms with E-state index in [-0.39, 0.29) is 0 Å². The van der Waals surface area contributed by atoms with Crippen LogP contribution in [0.15, 0.2) is 59.0 Å². The van der Waals surface area contributed by atoms with E-state index in [4.69, 9.17) is 5.73 Å². The molecule has 0 aliphatic rings. The van der Waals surface area contributed by atoms with E-state index < -0.39 is 0 Å². The van der Waals surface area contributed by atoms with E-state index >= 15 is 0 Å². The molecule has 4 heteroatoms. The van der Waals surface area contributed by atoms with Gasteiger partial charge in [0.1, 0.15) is 0 Å². The third-order valence-electron chi connectivity index (χ3n) is 4.65. The van der Waals surface area contributed by atoms with Gasteiger partial charge in [0.05, 0.1) is 12.0 Å². The van der Waals surface area contributed by atoms with Crippen LogP contribution in [-0.2, 0) is 6.42 Å². The molecular weight excluding hydrogens is 362 g/mol. The van der Waals surface area contributed by atoms with Crippen molar-refractivity contribution in [3.05, 3.63) is 76.2 Å². The number of thioether (sulfide) groups is 1. The summed E-state index contributed by atoms with van der Waals surface area (Å²) in [6.45, 7) is 13.7. The van der Waals surface area contributed by atoms with Crippen molar-refractivity contribution < 1.29 is 0 Å². The van der Waals surface area contributed by atoms with Gasteiger partial charge < -0.3 is 10.6 Å². The Morgan fingerprint density at radius 2 is 1.86 bits per heavy atom. The third-order valence-corrected chi connectivity index (χ3v) is 5.69. The molecule has 2 rings (SSSR count). The van der Waals surface area contributed by atoms with Crippen molar-refractivity contribution in [1.29, 1.82) is 0 Å². The number of hydrogen-bond donors (Lipinski definition) is 1. The van der Waals surface area contributed by atoms with Crippen molar-refractivity contribution in [1.82, 2.24) is 4.90 Å². The van der Waals surface area contributed by atoms with E-state index in [1.54, 1.807) is 11.8 Å². The summed E-state index contributed by atoms with van der Waals surface area (Å²) < 4.78 is 0. The van der Waals surface area contributed by atoms with Crippen LogP contribution in [0.25, 0.3) is 4.91 Å². The van der Waals surface area contributed by atoms with Crippen LogP contribution in [0.2, 0.25) is 0 Å². The van der Waals surface area contributed by atoms with E-state index in [1.807, 2.05) is 37.7 Å². The first-order valence-electron chi connectivity index (χ1n) is 9.51. The van der Waals surface area contributed by atoms with Crippen molar-refractivity contribution in [3.8, 4) is 0 Å². The predicted octanol–water partition coefficient (Wildman–Crippen LogP) is 6.35. The van der Waals surface area contributed by atoms with Gasteiger partial charge in [0.2, 0.25) is 0 Å². The Kier molecular flexibility index (Phi) is 7.94. The Hall–Kier alpha value is -2.46. The molecule has 0 radical (unpaired) electrons. The van der Waals surface area contributed by atoms with Crippen LogP contribution in [0.3, 0.4) is 0 Å². The molecule has 0 aliphatic heterocycles. The largest absolute Gasteiger partial charge is 0.399 e. The molecule has 28 heavy (non-hydrogen) atoms. The summed E-state index contributed by atoms with van der Waals surface area (Å²) in [6.07, 6.45) is 2.82. The summed E-state index contributed by atoms with van der Waals surface area (Å²) in [5.74, 6) is 0. The van der Waals surface area contributed by atoms with Gasteiger partial charge in [-0.15, -0.1) is 0 Å². The lowest BCUT2D eigenvalue weighted by Gasteiger charge is -2.12. The molecule has 0 amide bonds. The number of nitrogens with zero attached hydrogens (tertiary/aromatic N) is 2. The van der Waals surface area contributed by atoms with Crippen molar-refractivity contribution in [3.63, 3.8) is 0 Å². The van der Waals surface area contributed by atoms with Gasteiger partial charge in [-0.25, -0.2) is 4.99 Å². The maximum atomic E-state index is 5.75. The van der Waals surface area contributed by atoms with Crippen LogP contribution in [0, 0.1) is 13.8 Å². The number of rotatable bonds is 8. The zero-order valence-corrected chi connectivity index (χ0v) is 18.4. The van der Waals surface area contributed by atoms with E-state index in [0.717, 1.165) is 34.8 Å². The second kappa shape index (κ2) is 10.2. The highest BCUT2D eigenvalue weighted by molar-refractivity contribution is 8.10. The Morgan fingerprint density at radius 3 is 2.50 bits per heavy atom. The van der Waals surface area contributed by atoms with Crippen LogP contribution >= 0.6 is 11.8 Å². The lowest BCUT2D eigenvalue weighted by molar-refractivity contribution is 0.552. The van der Waals surface area contributed by atoms with Crippen LogP contribution in [-0.4, -0.2) is 24.8 Å². The summed E-state index contributed by atoms with van der Waals surface area (Å²) in [6, 6.07) is 12.3. The first-order chi connectivity index (χ1) is 13.3. The number of nitrogen functional groups attached to an aromatic ring is 1. The molecule has 0 aromatic heterocycles. The van der Waals surface area contributed by atoms with Crippen LogP contribution in [0.1, 0.15) is 36.1 Å². The molecule has 0 bridgehead atoms. The average molecular weight is 394 g/mol. The zero-order chi connectivity index (χ0) is 20.7. The van der Waals surface area contributed by atoms with Gasteiger partial charge in [0, 0.05) is 24.2 Å². The van der Waals surface area contributed by atoms with Crippen LogP contribution < -0.4 is 5.73 Å². The topological polar surface area (TPSA) is 41.6 Å². The summed E-state index contributed by atoms with van der Waals surface area (Å²) in [4.78, 5) is 7.71. The summed E-state index contributed by atoms with van der Waals surface area (Å²) in [7, 11) is 2.03. The molecule has 2 aromatic carbocycles. The molecule has 0 aliphatic carbocycles. The number of allylic oxidation sites excluding steroid dienone is 1. The van der Waals surface area contributed by atoms with E-state index in [2.05, 4.69) is 61.7 Å². The SMILES string of the molecule is C=C(S/C=C(\C)Cc1cc(C)c(N=CN(C)CC)cc1C)c1ccc(N)cc1. The van der Waals surface area contributed by atoms with Crippen molar-refractivity contribution in [2.75, 3.05) is 19.3 Å². The number of aryl methyl sites for hydroxylation is 2. The highest BCUT2D eigenvalue weighted by Crippen LogP contribution is 2.30. The number of hydrogen-bond acceptors (Lipinski definition) is 3. The molecule has 0 heterocycles. The summed E-state index contributed by atoms with van der Waals surface area (Å²) >= 11 is 1.66. The van der Waals surface area contributed by atoms with E-state index in [0.29, 0.717) is 0 Å². The van der Waals surface area contributed by atoms with Gasteiger partial charge in [0.25, 0.3) is 0 Å². The highest BCUT2D eigenvalue weighted by Gasteiger charge is 2.06. The molecule has 0 saturated carbocycles. The molecule has 148 valence electrons. The number of aliphatic imine (C=N–C) groups is 1. The lowest BCUT2D eigenvalue weighted by Crippen LogP contribution is -2.14. The lowest BCUT2D eigenvalue weighted by atomic mass is 9.99. The molecule has 0 spiro atoms. The Labute approximate surface area is 174 Å². The second-order valence-electron chi connectivity index (χ2n) is 7.19. The summed E-state index contributed by atoms with van der Waals surface area (Å²) in [5.41, 5.74) is 13.8. The molecule has 2 aromatic rings. The first-order valence-corrected chi connectivity index (χ1v) is 10.4. The fourth-order valence-electron chi connectivity index (χ4n) is 2.68. The predicted molar refractivity (Wildman–Crippen MR) is 127 cm³/mol. The third kappa shape index (κ3) is 6.31. The van der Waals surface area contributed by atoms with Crippen molar-refractivity contribution >= 4 is 34.4 Å². The zero-order valence-electron chi connectivity index (χ0n) is 17.6. The Morgan fingerprint density at radius 1 is 1.18 bits per heavy atom. The Balaban J connectivity index is 2.06. The number of anilines is 1. The minimum absolute atomic E-state index is 0.772. The second-order valence-corrected chi connectivity index (χ2v) is 8.15. The van der Waals surface area contributed by atoms with Crippen molar-refractivity contribution in [2.24, 2.45) is 4.99 Å². The summed E-state index contributed by atoms with van der Waals surface area (Å²) in [5, 5.41) is 2.19. The van der Waals surface area contributed by atoms with Crippen LogP contribution in [0.5, 0.6) is 0 Å². The van der Waals surface area contributed by atoms with Crippen molar-refractivity contribution in [2.45, 2.75) is 34.1 Å². The smallest absolute Gasteiger partial charge is 0.0909 e. The van der Waals surface area contributed by atoms with Gasteiger partial charge in [-0.3, -0.25) is 0 Å². The van der Waals surface area contributed by atoms with E-state index in [1.165, 1.54) is 22.3 Å². The maximum Gasteiger partial charge on any atom is 0.0909 e. The van der Waals surface area contributed by atoms with E-state index in [9.17, 15) is 0 Å². The Bertz CT molecular complexity index is 879. The molecule has 0 unspecified atom stereocenters. The molecule has 0 atom stereocenters. The van der Waals surface area contributed by atoms with Gasteiger partial charge in [-0.1, -0.05) is 42.1 Å². The fraction of sp³-hybridized carbons (Fsp3) is 0.292. The molecule has 0 saturated heterocycles. The molecule has 3 nitrogen and oxygen atoms in total. The standard InChI is InChI=1S/C24H31N3S/c1-7-27(6)16-26-24-14-18(3)22(13-19(24)4)12-17(2)15-28-20(5)21-8-10-23(25)11-9-21/h8-11,13-16H,5,7,12,25H2,1-4,6H3/b17-15+,26-16?. The van der Waals surface area contributed by atoms with Gasteiger partial charge in [0.15, 0.2) is 0 Å². The molecular formula is C24H31N3S. The minimum atomic E-state index is 0.772. The molecule has 0 fully saturated rings. The first kappa shape index (κ1) is 21.8. The molecule has 2 N–H and O–H groups in total. The highest BCUT2D eigenvalue weighted by atomic mass is 32.2. The minimum Gasteiger partial charge on any atom is -0.399 e. The number of benzene rings is 2.